The predicted molar refractivity (Wildman–Crippen MR) is 486 cm³/mol. The number of carboxylic acids is 6. The van der Waals surface area contributed by atoms with Gasteiger partial charge in [0.1, 0.15) is 90.1 Å². The number of benzene rings is 3. The number of rotatable bonds is 24. The molecule has 820 valence electrons. The van der Waals surface area contributed by atoms with E-state index in [1.807, 2.05) is 0 Å². The van der Waals surface area contributed by atoms with Crippen LogP contribution in [0, 0.1) is 23.7 Å². The summed E-state index contributed by atoms with van der Waals surface area (Å²) in [7, 11) is 1.21. The van der Waals surface area contributed by atoms with E-state index in [9.17, 15) is 146 Å². The molecule has 3 aromatic carbocycles. The maximum Gasteiger partial charge on any atom is 0.430 e. The van der Waals surface area contributed by atoms with Crippen molar-refractivity contribution in [2.75, 3.05) is 32.1 Å². The first-order valence-electron chi connectivity index (χ1n) is 45.9. The normalized spacial score (nSPS) is 22.2. The Kier molecular flexibility index (Phi) is 57.3. The largest absolute Gasteiger partial charge is 0.542 e. The average Bonchev–Trinajstić information content (AvgIpc) is 0.826. The number of hydrazine groups is 1. The lowest BCUT2D eigenvalue weighted by Gasteiger charge is -2.29. The number of ether oxygens (including phenoxy) is 1. The number of alkyl halides is 9. The summed E-state index contributed by atoms with van der Waals surface area (Å²) in [5, 5.41) is 91.3. The number of fused-ring (bicyclic) bond motifs is 2. The number of methoxy groups -OCH3 is 1. The summed E-state index contributed by atoms with van der Waals surface area (Å²) in [5.41, 5.74) is 16.8. The maximum atomic E-state index is 14.9. The van der Waals surface area contributed by atoms with Gasteiger partial charge in [0.25, 0.3) is 23.6 Å². The van der Waals surface area contributed by atoms with Crippen molar-refractivity contribution in [3.8, 4) is 5.75 Å². The number of hydrogen-bond donors (Lipinski definition) is 22. The van der Waals surface area contributed by atoms with Crippen LogP contribution in [0.3, 0.4) is 0 Å². The molecule has 0 saturated carbocycles. The van der Waals surface area contributed by atoms with Gasteiger partial charge in [0.05, 0.1) is 25.6 Å². The van der Waals surface area contributed by atoms with Crippen molar-refractivity contribution < 1.29 is 198 Å². The molecule has 3 aromatic rings. The van der Waals surface area contributed by atoms with Gasteiger partial charge in [-0.1, -0.05) is 122 Å². The van der Waals surface area contributed by atoms with Crippen molar-refractivity contribution in [1.29, 1.82) is 0 Å². The molecular weight excluding hydrogens is 1980 g/mol. The lowest BCUT2D eigenvalue weighted by molar-refractivity contribution is -0.405. The lowest BCUT2D eigenvalue weighted by Crippen LogP contribution is -2.69. The molecule has 1 aliphatic heterocycles. The van der Waals surface area contributed by atoms with Gasteiger partial charge in [-0.25, -0.2) is 0 Å². The highest BCUT2D eigenvalue weighted by atomic mass is 19.4. The van der Waals surface area contributed by atoms with Gasteiger partial charge in [-0.3, -0.25) is 102 Å². The second-order valence-electron chi connectivity index (χ2n) is 34.7. The fourth-order valence-electron chi connectivity index (χ4n) is 13.1. The Morgan fingerprint density at radius 2 is 0.796 bits per heavy atom. The highest BCUT2D eigenvalue weighted by Gasteiger charge is 2.40. The number of carbonyl (C=O) groups is 22. The average molecular weight is 2110 g/mol. The molecule has 2 bridgehead atoms. The Morgan fingerprint density at radius 1 is 0.422 bits per heavy atom. The van der Waals surface area contributed by atoms with Crippen LogP contribution in [0.2, 0.25) is 0 Å². The standard InChI is InChI=1S/C84H125N19O23.3C2HF3O2/c1-11-47(8)68-82(123)94-56(30-33-64(104)105)73(114)88-36-20-27-54(87)72(113)95-58(38-44(2)3)79(120)100-67(46(6)7)81(122)99-61(41-50-24-16-13-17-25-50)78(119)97-60(40-49-22-14-12-15-23-49)77(118)90-48(9)69(110)92-57(31-34-65(106)107)76(117)98-62(43-66(108)109)74(115)89-37-21-26-53(86)71(112)93-55(28-18-19-35-85)75(116)96-59(39-45(4)5)80(121)103-102-70(111)52-42-51(29-32-63(52)126-10)91-83(124)84(125)101-68;3*3-2(4,5)1(6)7/h12-17,22-25,29,32,42,44-48,53-62,67-68H,11,18-21,26-28,30-31,33-41,43,85-87H2,1-10H3,(H,88,114)(H,89,115)(H,90,118)(H,91,124)(H,92,110)(H,93,112)(H,94,123)(H,95,113)(H,96,116)(H,97,119)(H,98,117)(H,99,122)(H,100,120)(H,101,125)(H,102,111)(H,103,121)(H,104,105)(H,106,107)(H,108,109);3*(H,6,7)/t47-,48-,53-,54-,55-,56-,57-,58-,59-,60-,61-,62-,67-,68-;;;/m0.../s1. The molecule has 0 aromatic heterocycles. The van der Waals surface area contributed by atoms with E-state index in [1.165, 1.54) is 26.2 Å². The summed E-state index contributed by atoms with van der Waals surface area (Å²) < 4.78 is 100. The molecule has 0 unspecified atom stereocenters. The van der Waals surface area contributed by atoms with E-state index >= 15 is 0 Å². The van der Waals surface area contributed by atoms with Crippen molar-refractivity contribution in [3.05, 3.63) is 95.6 Å². The van der Waals surface area contributed by atoms with Crippen LogP contribution in [0.4, 0.5) is 45.2 Å². The van der Waals surface area contributed by atoms with E-state index in [0.29, 0.717) is 30.5 Å². The third kappa shape index (κ3) is 51.4. The molecule has 57 heteroatoms. The van der Waals surface area contributed by atoms with Crippen molar-refractivity contribution in [2.24, 2.45) is 23.7 Å². The maximum absolute atomic E-state index is 14.9. The summed E-state index contributed by atoms with van der Waals surface area (Å²) in [4.78, 5) is 288. The van der Waals surface area contributed by atoms with Crippen LogP contribution in [0.1, 0.15) is 180 Å². The molecule has 16 amide bonds. The van der Waals surface area contributed by atoms with Gasteiger partial charge in [0, 0.05) is 57.3 Å². The van der Waals surface area contributed by atoms with Crippen LogP contribution < -0.4 is 123 Å². The lowest BCUT2D eigenvalue weighted by atomic mass is 9.97. The van der Waals surface area contributed by atoms with Gasteiger partial charge in [-0.15, -0.1) is 0 Å². The smallest absolute Gasteiger partial charge is 0.430 e. The number of anilines is 1. The van der Waals surface area contributed by atoms with Crippen LogP contribution in [0.5, 0.6) is 5.75 Å². The molecular formula is C90H128F9N19O29. The van der Waals surface area contributed by atoms with Gasteiger partial charge in [0.2, 0.25) is 59.1 Å². The molecule has 0 radical (unpaired) electrons. The quantitative estimate of drug-likeness (QED) is 0.0225. The Labute approximate surface area is 836 Å². The Hall–Kier alpha value is -15.0. The van der Waals surface area contributed by atoms with Gasteiger partial charge >= 0.3 is 48.3 Å². The third-order valence-corrected chi connectivity index (χ3v) is 21.2. The van der Waals surface area contributed by atoms with Crippen molar-refractivity contribution in [3.63, 3.8) is 0 Å². The number of unbranched alkanes of at least 4 members (excludes halogenated alkanes) is 1. The number of amides is 16. The second kappa shape index (κ2) is 64.7. The zero-order valence-electron chi connectivity index (χ0n) is 81.9. The number of quaternary nitrogens is 3. The molecule has 0 spiro atoms. The van der Waals surface area contributed by atoms with Crippen molar-refractivity contribution in [1.82, 2.24) is 80.0 Å². The molecule has 147 heavy (non-hydrogen) atoms. The summed E-state index contributed by atoms with van der Waals surface area (Å²) in [6.07, 6.45) is -18.2. The molecule has 1 aliphatic rings. The first-order chi connectivity index (χ1) is 68.4. The zero-order valence-corrected chi connectivity index (χ0v) is 81.9. The van der Waals surface area contributed by atoms with Crippen LogP contribution in [-0.2, 0) is 114 Å². The van der Waals surface area contributed by atoms with E-state index in [2.05, 4.69) is 102 Å². The Morgan fingerprint density at radius 3 is 1.22 bits per heavy atom. The number of carbonyl (C=O) groups excluding carboxylic acids is 19. The van der Waals surface area contributed by atoms with Gasteiger partial charge in [-0.2, -0.15) is 39.5 Å². The molecule has 1 heterocycles. The van der Waals surface area contributed by atoms with Crippen molar-refractivity contribution >= 4 is 136 Å². The fourth-order valence-corrected chi connectivity index (χ4v) is 13.1. The minimum atomic E-state index is -5.19. The summed E-state index contributed by atoms with van der Waals surface area (Å²) in [6.45, 7) is 14.8. The molecule has 48 nitrogen and oxygen atoms in total. The Bertz CT molecular complexity index is 4910. The summed E-state index contributed by atoms with van der Waals surface area (Å²) >= 11 is 0. The minimum Gasteiger partial charge on any atom is -0.542 e. The van der Waals surface area contributed by atoms with E-state index < -0.39 is 271 Å². The summed E-state index contributed by atoms with van der Waals surface area (Å²) in [5.74, 6) is -30.9. The fraction of sp³-hybridized carbons (Fsp3) is 0.556. The Balaban J connectivity index is 0.00000461. The molecule has 0 saturated heterocycles. The van der Waals surface area contributed by atoms with E-state index in [0.717, 1.165) is 6.07 Å². The van der Waals surface area contributed by atoms with E-state index in [1.54, 1.807) is 116 Å². The third-order valence-electron chi connectivity index (χ3n) is 21.2. The first-order valence-corrected chi connectivity index (χ1v) is 45.9. The number of halogens is 9. The minimum absolute atomic E-state index is 0.00255. The summed E-state index contributed by atoms with van der Waals surface area (Å²) in [6, 6.07) is 1.67. The molecule has 0 aliphatic carbocycles. The van der Waals surface area contributed by atoms with Crippen LogP contribution >= 0.6 is 0 Å². The van der Waals surface area contributed by atoms with Crippen LogP contribution in [-0.4, -0.2) is 269 Å². The first kappa shape index (κ1) is 130. The topological polar surface area (TPSA) is 790 Å². The van der Waals surface area contributed by atoms with Gasteiger partial charge < -0.3 is 141 Å². The monoisotopic (exact) mass is 2110 g/mol. The molecule has 4 rings (SSSR count). The van der Waals surface area contributed by atoms with Crippen molar-refractivity contribution in [2.45, 2.75) is 269 Å². The molecule has 28 N–H and O–H groups in total. The predicted octanol–water partition coefficient (Wildman–Crippen LogP) is -6.43. The number of carboxylic acid groups (broad SMARTS) is 6. The molecule has 14 atom stereocenters. The second-order valence-corrected chi connectivity index (χ2v) is 34.7. The van der Waals surface area contributed by atoms with E-state index in [4.69, 9.17) is 34.4 Å². The van der Waals surface area contributed by atoms with E-state index in [-0.39, 0.29) is 106 Å². The highest BCUT2D eigenvalue weighted by molar-refractivity contribution is 6.40. The zero-order chi connectivity index (χ0) is 112. The number of nitrogens with one attached hydrogen (secondary N) is 16. The number of aliphatic carboxylic acids is 6. The van der Waals surface area contributed by atoms with Crippen LogP contribution in [0.15, 0.2) is 78.9 Å². The number of hydrogen-bond acceptors (Lipinski definition) is 26. The van der Waals surface area contributed by atoms with Crippen LogP contribution in [0.25, 0.3) is 0 Å². The SMILES string of the molecule is CC[C@H](C)[C@@H]1NC(=O)C(=O)Nc2ccc(OC)c(c2)C(=O)NNC(=O)[C@H](CC(C)C)NC(=O)[C@H](CCCC[NH3+])NC(=O)[C@@H]([NH3+])CCCNC(=O)[C@H](CC(=O)O)NC(=O)[C@H](CCC(=O)O)NC(=O)[C@H](C)NC(=O)[C@H](Cc2ccccc2)NC(=O)[C@H](Cc2ccccc2)NC(=O)[C@H](C(C)C)NC(=O)[C@H](CC(C)C)NC(=O)[C@@H]([NH3+])CCCNC(=O)[C@H](CCC(=O)O)NC1=O.O=C([O-])C(F)(F)F.O=C([O-])C(F)(F)F.O=C([O-])C(F)(F)F. The highest BCUT2D eigenvalue weighted by Crippen LogP contribution is 2.24. The van der Waals surface area contributed by atoms with Gasteiger partial charge in [-0.05, 0) is 118 Å². The van der Waals surface area contributed by atoms with Gasteiger partial charge in [0.15, 0.2) is 12.1 Å². The molecule has 0 fully saturated rings.